The third-order valence-electron chi connectivity index (χ3n) is 3.78. The Bertz CT molecular complexity index is 1120. The first-order valence-corrected chi connectivity index (χ1v) is 7.91. The van der Waals surface area contributed by atoms with Gasteiger partial charge in [-0.2, -0.15) is 26.3 Å². The highest BCUT2D eigenvalue weighted by atomic mass is 19.4. The lowest BCUT2D eigenvalue weighted by molar-refractivity contribution is -0.138. The number of hydrogen-bond donors (Lipinski definition) is 0. The monoisotopic (exact) mass is 433 g/mol. The minimum Gasteiger partial charge on any atom is -0.440 e. The van der Waals surface area contributed by atoms with Gasteiger partial charge in [-0.05, 0) is 36.4 Å². The van der Waals surface area contributed by atoms with Crippen LogP contribution in [0.4, 0.5) is 26.3 Å². The molecule has 0 atom stereocenters. The van der Waals surface area contributed by atoms with E-state index in [-0.39, 0.29) is 11.3 Å². The maximum atomic E-state index is 12.9. The van der Waals surface area contributed by atoms with Gasteiger partial charge in [0, 0.05) is 6.20 Å². The minimum absolute atomic E-state index is 0.244. The molecule has 3 rings (SSSR count). The van der Waals surface area contributed by atoms with Crippen molar-refractivity contribution in [3.63, 3.8) is 0 Å². The molecular formula is C17H9F6N3O4. The van der Waals surface area contributed by atoms with Gasteiger partial charge in [0.2, 0.25) is 5.82 Å². The predicted molar refractivity (Wildman–Crippen MR) is 85.9 cm³/mol. The molecule has 30 heavy (non-hydrogen) atoms. The zero-order valence-electron chi connectivity index (χ0n) is 14.5. The SMILES string of the molecule is O=C(OCn1c(-c2cc(C(F)(F)F)ccn2)noc1=O)c1ccc(C(F)(F)F)cc1. The predicted octanol–water partition coefficient (Wildman–Crippen LogP) is 3.75. The normalized spacial score (nSPS) is 12.1. The molecule has 2 aromatic heterocycles. The Morgan fingerprint density at radius 3 is 2.23 bits per heavy atom. The van der Waals surface area contributed by atoms with Crippen LogP contribution in [0.25, 0.3) is 11.5 Å². The van der Waals surface area contributed by atoms with Crippen LogP contribution in [0, 0.1) is 0 Å². The van der Waals surface area contributed by atoms with Crippen molar-refractivity contribution in [1.29, 1.82) is 0 Å². The van der Waals surface area contributed by atoms with Gasteiger partial charge in [-0.25, -0.2) is 14.2 Å². The average molecular weight is 433 g/mol. The molecule has 0 amide bonds. The van der Waals surface area contributed by atoms with Crippen molar-refractivity contribution in [2.75, 3.05) is 0 Å². The summed E-state index contributed by atoms with van der Waals surface area (Å²) in [5.74, 6) is -2.67. The molecule has 7 nitrogen and oxygen atoms in total. The van der Waals surface area contributed by atoms with Crippen LogP contribution in [-0.2, 0) is 23.8 Å². The van der Waals surface area contributed by atoms with Crippen LogP contribution >= 0.6 is 0 Å². The number of hydrogen-bond acceptors (Lipinski definition) is 6. The van der Waals surface area contributed by atoms with Crippen LogP contribution < -0.4 is 5.76 Å². The lowest BCUT2D eigenvalue weighted by Crippen LogP contribution is -2.20. The van der Waals surface area contributed by atoms with Crippen molar-refractivity contribution in [1.82, 2.24) is 14.7 Å². The Morgan fingerprint density at radius 2 is 1.63 bits per heavy atom. The third kappa shape index (κ3) is 4.50. The van der Waals surface area contributed by atoms with E-state index in [4.69, 9.17) is 4.74 Å². The fraction of sp³-hybridized carbons (Fsp3) is 0.176. The number of carbonyl (C=O) groups is 1. The van der Waals surface area contributed by atoms with E-state index in [2.05, 4.69) is 14.7 Å². The largest absolute Gasteiger partial charge is 0.444 e. The van der Waals surface area contributed by atoms with Gasteiger partial charge in [0.15, 0.2) is 6.73 Å². The van der Waals surface area contributed by atoms with Crippen molar-refractivity contribution in [2.45, 2.75) is 19.1 Å². The highest BCUT2D eigenvalue weighted by molar-refractivity contribution is 5.89. The maximum Gasteiger partial charge on any atom is 0.444 e. The molecule has 0 spiro atoms. The van der Waals surface area contributed by atoms with Gasteiger partial charge in [-0.3, -0.25) is 9.51 Å². The molecule has 0 saturated heterocycles. The second-order valence-electron chi connectivity index (χ2n) is 5.76. The summed E-state index contributed by atoms with van der Waals surface area (Å²) < 4.78 is 86.1. The van der Waals surface area contributed by atoms with Crippen LogP contribution in [0.5, 0.6) is 0 Å². The van der Waals surface area contributed by atoms with E-state index in [1.807, 2.05) is 0 Å². The van der Waals surface area contributed by atoms with Gasteiger partial charge in [-0.1, -0.05) is 5.16 Å². The molecule has 0 aliphatic heterocycles. The molecule has 158 valence electrons. The van der Waals surface area contributed by atoms with E-state index in [0.29, 0.717) is 28.8 Å². The number of carbonyl (C=O) groups excluding carboxylic acids is 1. The number of rotatable bonds is 4. The van der Waals surface area contributed by atoms with Crippen LogP contribution in [0.3, 0.4) is 0 Å². The number of esters is 1. The molecule has 0 radical (unpaired) electrons. The highest BCUT2D eigenvalue weighted by Gasteiger charge is 2.32. The van der Waals surface area contributed by atoms with E-state index in [0.717, 1.165) is 18.3 Å². The Balaban J connectivity index is 1.80. The molecule has 0 N–H and O–H groups in total. The summed E-state index contributed by atoms with van der Waals surface area (Å²) in [4.78, 5) is 27.5. The van der Waals surface area contributed by atoms with Crippen molar-refractivity contribution in [3.8, 4) is 11.5 Å². The summed E-state index contributed by atoms with van der Waals surface area (Å²) in [5, 5.41) is 3.33. The summed E-state index contributed by atoms with van der Waals surface area (Å²) in [6.07, 6.45) is -8.43. The Labute approximate surface area is 162 Å². The van der Waals surface area contributed by atoms with Crippen molar-refractivity contribution in [2.24, 2.45) is 0 Å². The first-order valence-electron chi connectivity index (χ1n) is 7.91. The Morgan fingerprint density at radius 1 is 1.00 bits per heavy atom. The lowest BCUT2D eigenvalue weighted by Gasteiger charge is -2.09. The second kappa shape index (κ2) is 7.65. The number of aromatic nitrogens is 3. The molecule has 0 saturated carbocycles. The molecule has 2 heterocycles. The van der Waals surface area contributed by atoms with Crippen LogP contribution in [-0.4, -0.2) is 20.7 Å². The molecular weight excluding hydrogens is 424 g/mol. The number of ether oxygens (including phenoxy) is 1. The van der Waals surface area contributed by atoms with E-state index < -0.39 is 47.8 Å². The Hall–Kier alpha value is -3.64. The fourth-order valence-electron chi connectivity index (χ4n) is 2.30. The maximum absolute atomic E-state index is 12.9. The van der Waals surface area contributed by atoms with Crippen molar-refractivity contribution >= 4 is 5.97 Å². The molecule has 0 bridgehead atoms. The van der Waals surface area contributed by atoms with Crippen molar-refractivity contribution < 1.29 is 40.4 Å². The first kappa shape index (κ1) is 21.1. The summed E-state index contributed by atoms with van der Waals surface area (Å²) in [5.41, 5.74) is -2.66. The zero-order valence-corrected chi connectivity index (χ0v) is 14.5. The van der Waals surface area contributed by atoms with E-state index in [1.165, 1.54) is 0 Å². The van der Waals surface area contributed by atoms with Gasteiger partial charge >= 0.3 is 24.1 Å². The number of nitrogens with zero attached hydrogens (tertiary/aromatic N) is 3. The number of halogens is 6. The van der Waals surface area contributed by atoms with Gasteiger partial charge in [-0.15, -0.1) is 0 Å². The molecule has 1 aromatic carbocycles. The van der Waals surface area contributed by atoms with Crippen LogP contribution in [0.2, 0.25) is 0 Å². The highest BCUT2D eigenvalue weighted by Crippen LogP contribution is 2.31. The van der Waals surface area contributed by atoms with Crippen LogP contribution in [0.15, 0.2) is 51.9 Å². The number of pyridine rings is 1. The molecule has 0 unspecified atom stereocenters. The van der Waals surface area contributed by atoms with Gasteiger partial charge in [0.1, 0.15) is 5.69 Å². The molecule has 3 aromatic rings. The van der Waals surface area contributed by atoms with Crippen molar-refractivity contribution in [3.05, 3.63) is 69.8 Å². The fourth-order valence-corrected chi connectivity index (χ4v) is 2.30. The van der Waals surface area contributed by atoms with Gasteiger partial charge < -0.3 is 4.74 Å². The summed E-state index contributed by atoms with van der Waals surface area (Å²) in [7, 11) is 0. The average Bonchev–Trinajstić information content (AvgIpc) is 3.05. The summed E-state index contributed by atoms with van der Waals surface area (Å²) in [6, 6.07) is 4.40. The van der Waals surface area contributed by atoms with E-state index in [9.17, 15) is 35.9 Å². The number of benzene rings is 1. The Kier molecular flexibility index (Phi) is 5.37. The minimum atomic E-state index is -4.68. The lowest BCUT2D eigenvalue weighted by atomic mass is 10.1. The summed E-state index contributed by atoms with van der Waals surface area (Å²) >= 11 is 0. The molecule has 0 aliphatic carbocycles. The van der Waals surface area contributed by atoms with E-state index >= 15 is 0 Å². The quantitative estimate of drug-likeness (QED) is 0.460. The summed E-state index contributed by atoms with van der Waals surface area (Å²) in [6.45, 7) is -0.824. The second-order valence-corrected chi connectivity index (χ2v) is 5.76. The topological polar surface area (TPSA) is 87.2 Å². The first-order chi connectivity index (χ1) is 14.0. The van der Waals surface area contributed by atoms with E-state index in [1.54, 1.807) is 0 Å². The molecule has 13 heteroatoms. The molecule has 0 aliphatic rings. The number of alkyl halides is 6. The molecule has 0 fully saturated rings. The standard InChI is InChI=1S/C17H9F6N3O4/c18-16(19,20)10-3-1-9(2-4-10)14(27)29-8-26-13(25-30-15(26)28)12-7-11(5-6-24-12)17(21,22)23/h1-7H,8H2. The van der Waals surface area contributed by atoms with Crippen LogP contribution in [0.1, 0.15) is 21.5 Å². The smallest absolute Gasteiger partial charge is 0.440 e. The van der Waals surface area contributed by atoms with Gasteiger partial charge in [0.25, 0.3) is 0 Å². The third-order valence-corrected chi connectivity index (χ3v) is 3.78. The van der Waals surface area contributed by atoms with Gasteiger partial charge in [0.05, 0.1) is 16.7 Å². The zero-order chi connectivity index (χ0) is 22.1.